The Balaban J connectivity index is 4.39. The molecule has 0 aliphatic heterocycles. The molecule has 390 valence electrons. The van der Waals surface area contributed by atoms with Crippen LogP contribution in [0.15, 0.2) is 48.6 Å². The zero-order valence-corrected chi connectivity index (χ0v) is 44.7. The average molecular weight is 940 g/mol. The van der Waals surface area contributed by atoms with Gasteiger partial charge >= 0.3 is 17.9 Å². The van der Waals surface area contributed by atoms with Gasteiger partial charge in [0.05, 0.1) is 0 Å². The molecule has 0 aromatic rings. The summed E-state index contributed by atoms with van der Waals surface area (Å²) < 4.78 is 16.8. The second-order valence-electron chi connectivity index (χ2n) is 19.6. The number of unbranched alkanes of at least 4 members (excludes halogenated alkanes) is 34. The third kappa shape index (κ3) is 54.2. The summed E-state index contributed by atoms with van der Waals surface area (Å²) in [5.41, 5.74) is 0. The number of hydrogen-bond acceptors (Lipinski definition) is 6. The third-order valence-corrected chi connectivity index (χ3v) is 12.8. The van der Waals surface area contributed by atoms with Gasteiger partial charge in [-0.05, 0) is 57.8 Å². The Morgan fingerprint density at radius 2 is 0.552 bits per heavy atom. The summed E-state index contributed by atoms with van der Waals surface area (Å²) in [5.74, 6) is -0.930. The first kappa shape index (κ1) is 64.4. The molecule has 0 unspecified atom stereocenters. The quantitative estimate of drug-likeness (QED) is 0.0262. The molecule has 0 radical (unpaired) electrons. The van der Waals surface area contributed by atoms with Gasteiger partial charge in [0.1, 0.15) is 13.2 Å². The number of carbonyl (C=O) groups excluding carboxylic acids is 3. The molecule has 0 heterocycles. The summed E-state index contributed by atoms with van der Waals surface area (Å²) in [6.07, 6.45) is 68.2. The van der Waals surface area contributed by atoms with Crippen LogP contribution in [0.4, 0.5) is 0 Å². The van der Waals surface area contributed by atoms with Crippen LogP contribution < -0.4 is 0 Å². The Bertz CT molecular complexity index is 1170. The first-order valence-corrected chi connectivity index (χ1v) is 29.1. The Kier molecular flexibility index (Phi) is 53.8. The summed E-state index contributed by atoms with van der Waals surface area (Å²) in [5, 5.41) is 0. The molecule has 0 bridgehead atoms. The lowest BCUT2D eigenvalue weighted by atomic mass is 10.0. The minimum atomic E-state index is -0.798. The fourth-order valence-corrected chi connectivity index (χ4v) is 8.44. The van der Waals surface area contributed by atoms with E-state index in [0.29, 0.717) is 19.3 Å². The van der Waals surface area contributed by atoms with Crippen molar-refractivity contribution >= 4 is 17.9 Å². The van der Waals surface area contributed by atoms with Crippen LogP contribution in [-0.4, -0.2) is 37.2 Å². The van der Waals surface area contributed by atoms with Crippen molar-refractivity contribution in [3.63, 3.8) is 0 Å². The number of rotatable bonds is 53. The highest BCUT2D eigenvalue weighted by atomic mass is 16.6. The molecular weight excluding hydrogens is 829 g/mol. The van der Waals surface area contributed by atoms with Crippen molar-refractivity contribution in [1.82, 2.24) is 0 Å². The number of allylic oxidation sites excluding steroid dienone is 8. The lowest BCUT2D eigenvalue weighted by Gasteiger charge is -2.18. The highest BCUT2D eigenvalue weighted by Crippen LogP contribution is 2.17. The van der Waals surface area contributed by atoms with E-state index in [-0.39, 0.29) is 37.5 Å². The van der Waals surface area contributed by atoms with Gasteiger partial charge in [-0.25, -0.2) is 0 Å². The van der Waals surface area contributed by atoms with Crippen molar-refractivity contribution < 1.29 is 28.6 Å². The second kappa shape index (κ2) is 56.0. The van der Waals surface area contributed by atoms with Gasteiger partial charge in [0.15, 0.2) is 6.10 Å². The lowest BCUT2D eigenvalue weighted by Crippen LogP contribution is -2.30. The molecule has 0 spiro atoms. The van der Waals surface area contributed by atoms with Gasteiger partial charge in [-0.15, -0.1) is 0 Å². The molecule has 0 saturated carbocycles. The number of ether oxygens (including phenoxy) is 3. The molecule has 0 saturated heterocycles. The Labute approximate surface area is 416 Å². The minimum absolute atomic E-state index is 0.0904. The van der Waals surface area contributed by atoms with E-state index in [1.807, 2.05) is 0 Å². The van der Waals surface area contributed by atoms with Gasteiger partial charge < -0.3 is 14.2 Å². The Morgan fingerprint density at radius 1 is 0.299 bits per heavy atom. The van der Waals surface area contributed by atoms with E-state index in [0.717, 1.165) is 64.2 Å². The van der Waals surface area contributed by atoms with E-state index in [2.05, 4.69) is 69.4 Å². The standard InChI is InChI=1S/C61H110O6/c1-4-7-10-13-16-19-22-25-27-29-30-32-33-36-39-42-45-48-51-54-60(63)66-57-58(56-65-59(62)53-50-47-44-41-38-35-24-21-18-15-12-9-6-3)67-61(64)55-52-49-46-43-40-37-34-31-28-26-23-20-17-14-11-8-5-2/h17,20,26,28,34,37,43,46,58H,4-16,18-19,21-25,27,29-33,35-36,38-42,44-45,47-57H2,1-3H3/b20-17-,28-26-,37-34-,46-43-/t58-/m1/s1. The predicted octanol–water partition coefficient (Wildman–Crippen LogP) is 19.4. The van der Waals surface area contributed by atoms with Crippen molar-refractivity contribution in [3.05, 3.63) is 48.6 Å². The molecule has 6 heteroatoms. The SMILES string of the molecule is CCCCC/C=C\C/C=C\C/C=C\C/C=C\CCCC(=O)O[C@H](COC(=O)CCCCCCCCCCCCCCC)COC(=O)CCCCCCCCCCCCCCCCCCCCC. The van der Waals surface area contributed by atoms with Crippen LogP contribution in [0.2, 0.25) is 0 Å². The van der Waals surface area contributed by atoms with Crippen molar-refractivity contribution in [2.45, 2.75) is 309 Å². The maximum absolute atomic E-state index is 12.8. The van der Waals surface area contributed by atoms with Crippen molar-refractivity contribution in [3.8, 4) is 0 Å². The van der Waals surface area contributed by atoms with Gasteiger partial charge in [0, 0.05) is 19.3 Å². The smallest absolute Gasteiger partial charge is 0.306 e. The maximum Gasteiger partial charge on any atom is 0.306 e. The van der Waals surface area contributed by atoms with E-state index >= 15 is 0 Å². The van der Waals surface area contributed by atoms with Gasteiger partial charge in [0.2, 0.25) is 0 Å². The van der Waals surface area contributed by atoms with E-state index in [1.165, 1.54) is 193 Å². The van der Waals surface area contributed by atoms with Crippen LogP contribution >= 0.6 is 0 Å². The van der Waals surface area contributed by atoms with Gasteiger partial charge in [-0.1, -0.05) is 275 Å². The zero-order chi connectivity index (χ0) is 48.6. The summed E-state index contributed by atoms with van der Waals surface area (Å²) >= 11 is 0. The zero-order valence-electron chi connectivity index (χ0n) is 44.7. The molecule has 0 aromatic heterocycles. The first-order chi connectivity index (χ1) is 33.0. The number of esters is 3. The Morgan fingerprint density at radius 3 is 0.881 bits per heavy atom. The number of hydrogen-bond donors (Lipinski definition) is 0. The molecule has 1 atom stereocenters. The van der Waals surface area contributed by atoms with E-state index in [4.69, 9.17) is 14.2 Å². The molecule has 0 fully saturated rings. The molecule has 0 aromatic carbocycles. The van der Waals surface area contributed by atoms with Gasteiger partial charge in [-0.2, -0.15) is 0 Å². The first-order valence-electron chi connectivity index (χ1n) is 29.1. The van der Waals surface area contributed by atoms with Gasteiger partial charge in [0.25, 0.3) is 0 Å². The van der Waals surface area contributed by atoms with Crippen LogP contribution in [-0.2, 0) is 28.6 Å². The monoisotopic (exact) mass is 939 g/mol. The number of carbonyl (C=O) groups is 3. The molecule has 0 amide bonds. The predicted molar refractivity (Wildman–Crippen MR) is 289 cm³/mol. The molecule has 0 rings (SSSR count). The highest BCUT2D eigenvalue weighted by Gasteiger charge is 2.19. The van der Waals surface area contributed by atoms with Crippen LogP contribution in [0.1, 0.15) is 303 Å². The van der Waals surface area contributed by atoms with Crippen LogP contribution in [0.25, 0.3) is 0 Å². The Hall–Kier alpha value is -2.63. The van der Waals surface area contributed by atoms with Crippen molar-refractivity contribution in [2.75, 3.05) is 13.2 Å². The maximum atomic E-state index is 12.8. The second-order valence-corrected chi connectivity index (χ2v) is 19.6. The van der Waals surface area contributed by atoms with Crippen LogP contribution in [0.5, 0.6) is 0 Å². The lowest BCUT2D eigenvalue weighted by molar-refractivity contribution is -0.167. The molecule has 0 aliphatic rings. The van der Waals surface area contributed by atoms with E-state index in [1.54, 1.807) is 0 Å². The van der Waals surface area contributed by atoms with Crippen LogP contribution in [0, 0.1) is 0 Å². The summed E-state index contributed by atoms with van der Waals surface area (Å²) in [6, 6.07) is 0. The largest absolute Gasteiger partial charge is 0.462 e. The van der Waals surface area contributed by atoms with Crippen molar-refractivity contribution in [1.29, 1.82) is 0 Å². The summed E-state index contributed by atoms with van der Waals surface area (Å²) in [4.78, 5) is 38.1. The molecule has 67 heavy (non-hydrogen) atoms. The molecule has 6 nitrogen and oxygen atoms in total. The van der Waals surface area contributed by atoms with E-state index < -0.39 is 6.10 Å². The molecule has 0 N–H and O–H groups in total. The van der Waals surface area contributed by atoms with Crippen LogP contribution in [0.3, 0.4) is 0 Å². The average Bonchev–Trinajstić information content (AvgIpc) is 3.33. The molecular formula is C61H110O6. The summed E-state index contributed by atoms with van der Waals surface area (Å²) in [7, 11) is 0. The fraction of sp³-hybridized carbons (Fsp3) is 0.820. The highest BCUT2D eigenvalue weighted by molar-refractivity contribution is 5.71. The van der Waals surface area contributed by atoms with E-state index in [9.17, 15) is 14.4 Å². The summed E-state index contributed by atoms with van der Waals surface area (Å²) in [6.45, 7) is 6.60. The van der Waals surface area contributed by atoms with Crippen molar-refractivity contribution in [2.24, 2.45) is 0 Å². The molecule has 0 aliphatic carbocycles. The fourth-order valence-electron chi connectivity index (χ4n) is 8.44. The topological polar surface area (TPSA) is 78.9 Å². The van der Waals surface area contributed by atoms with Gasteiger partial charge in [-0.3, -0.25) is 14.4 Å². The normalized spacial score (nSPS) is 12.3. The minimum Gasteiger partial charge on any atom is -0.462 e. The third-order valence-electron chi connectivity index (χ3n) is 12.8.